The smallest absolute Gasteiger partial charge is 0.223 e. The Morgan fingerprint density at radius 2 is 1.83 bits per heavy atom. The average molecular weight is 433 g/mol. The first kappa shape index (κ1) is 21.7. The summed E-state index contributed by atoms with van der Waals surface area (Å²) in [6, 6.07) is 15.1. The van der Waals surface area contributed by atoms with Crippen molar-refractivity contribution >= 4 is 34.8 Å². The van der Waals surface area contributed by atoms with Gasteiger partial charge in [0, 0.05) is 29.4 Å². The molecule has 2 aromatic carbocycles. The van der Waals surface area contributed by atoms with Crippen LogP contribution in [0.1, 0.15) is 44.7 Å². The Bertz CT molecular complexity index is 888. The Labute approximate surface area is 182 Å². The molecule has 1 heterocycles. The first-order chi connectivity index (χ1) is 13.7. The molecule has 1 aliphatic heterocycles. The van der Waals surface area contributed by atoms with Crippen molar-refractivity contribution in [3.05, 3.63) is 69.7 Å². The molecule has 0 radical (unpaired) electrons. The highest BCUT2D eigenvalue weighted by molar-refractivity contribution is 6.31. The number of benzene rings is 2. The van der Waals surface area contributed by atoms with Gasteiger partial charge in [-0.2, -0.15) is 0 Å². The van der Waals surface area contributed by atoms with Crippen LogP contribution in [0.4, 0.5) is 0 Å². The molecule has 4 nitrogen and oxygen atoms in total. The lowest BCUT2D eigenvalue weighted by Gasteiger charge is -2.28. The van der Waals surface area contributed by atoms with Crippen LogP contribution in [0.2, 0.25) is 10.0 Å². The Morgan fingerprint density at radius 1 is 1.14 bits per heavy atom. The van der Waals surface area contributed by atoms with Gasteiger partial charge >= 0.3 is 0 Å². The van der Waals surface area contributed by atoms with Crippen molar-refractivity contribution in [2.75, 3.05) is 6.54 Å². The van der Waals surface area contributed by atoms with Crippen LogP contribution in [0.15, 0.2) is 53.7 Å². The molecule has 1 atom stereocenters. The third kappa shape index (κ3) is 6.22. The summed E-state index contributed by atoms with van der Waals surface area (Å²) in [5, 5.41) is 5.58. The highest BCUT2D eigenvalue weighted by Gasteiger charge is 2.29. The summed E-state index contributed by atoms with van der Waals surface area (Å²) in [6.07, 6.45) is 0.908. The predicted octanol–water partition coefficient (Wildman–Crippen LogP) is 5.95. The number of hydrogen-bond acceptors (Lipinski definition) is 3. The summed E-state index contributed by atoms with van der Waals surface area (Å²) >= 11 is 12.3. The van der Waals surface area contributed by atoms with Gasteiger partial charge < -0.3 is 9.74 Å². The molecular formula is C23H26Cl2N2O2. The van der Waals surface area contributed by atoms with Crippen molar-refractivity contribution in [1.82, 2.24) is 4.90 Å². The maximum absolute atomic E-state index is 13.0. The monoisotopic (exact) mass is 432 g/mol. The van der Waals surface area contributed by atoms with Crippen LogP contribution >= 0.6 is 23.2 Å². The van der Waals surface area contributed by atoms with Crippen molar-refractivity contribution in [3.8, 4) is 0 Å². The van der Waals surface area contributed by atoms with E-state index in [1.807, 2.05) is 53.4 Å². The van der Waals surface area contributed by atoms with E-state index in [0.29, 0.717) is 36.0 Å². The number of halogens is 2. The van der Waals surface area contributed by atoms with Crippen molar-refractivity contribution in [2.24, 2.45) is 10.6 Å². The van der Waals surface area contributed by atoms with Crippen LogP contribution in [0.5, 0.6) is 0 Å². The maximum atomic E-state index is 13.0. The first-order valence-corrected chi connectivity index (χ1v) is 10.5. The molecule has 0 N–H and O–H groups in total. The minimum atomic E-state index is -0.188. The molecular weight excluding hydrogens is 407 g/mol. The zero-order valence-electron chi connectivity index (χ0n) is 17.0. The minimum Gasteiger partial charge on any atom is -0.390 e. The van der Waals surface area contributed by atoms with Crippen LogP contribution in [-0.4, -0.2) is 29.2 Å². The number of carbonyl (C=O) groups excluding carboxylic acids is 1. The van der Waals surface area contributed by atoms with E-state index in [9.17, 15) is 4.79 Å². The number of amides is 1. The molecule has 2 aromatic rings. The van der Waals surface area contributed by atoms with E-state index in [2.05, 4.69) is 25.9 Å². The standard InChI is InChI=1S/C23H26Cl2N2O2/c1-23(2,3)13-22(28)27(14-17-6-4-5-7-20(17)25)15-19-12-21(26-29-19)16-8-10-18(24)11-9-16/h4-11,19H,12-15H2,1-3H3. The van der Waals surface area contributed by atoms with Gasteiger partial charge in [0.2, 0.25) is 5.91 Å². The van der Waals surface area contributed by atoms with Gasteiger partial charge in [-0.15, -0.1) is 0 Å². The Morgan fingerprint density at radius 3 is 2.48 bits per heavy atom. The molecule has 154 valence electrons. The van der Waals surface area contributed by atoms with Crippen LogP contribution < -0.4 is 0 Å². The number of oxime groups is 1. The zero-order valence-corrected chi connectivity index (χ0v) is 18.5. The Kier molecular flexibility index (Phi) is 6.86. The van der Waals surface area contributed by atoms with Crippen molar-refractivity contribution in [2.45, 2.75) is 46.3 Å². The Balaban J connectivity index is 1.71. The molecule has 1 unspecified atom stereocenters. The fourth-order valence-electron chi connectivity index (χ4n) is 3.24. The summed E-state index contributed by atoms with van der Waals surface area (Å²) in [5.74, 6) is 0.0842. The maximum Gasteiger partial charge on any atom is 0.223 e. The van der Waals surface area contributed by atoms with Gasteiger partial charge in [-0.1, -0.05) is 79.5 Å². The quantitative estimate of drug-likeness (QED) is 0.565. The predicted molar refractivity (Wildman–Crippen MR) is 118 cm³/mol. The fraction of sp³-hybridized carbons (Fsp3) is 0.391. The summed E-state index contributed by atoms with van der Waals surface area (Å²) in [5.41, 5.74) is 2.67. The molecule has 0 saturated heterocycles. The molecule has 6 heteroatoms. The van der Waals surface area contributed by atoms with Gasteiger partial charge in [0.1, 0.15) is 0 Å². The van der Waals surface area contributed by atoms with Gasteiger partial charge in [-0.25, -0.2) is 0 Å². The second-order valence-corrected chi connectivity index (χ2v) is 9.42. The SMILES string of the molecule is CC(C)(C)CC(=O)N(Cc1ccccc1Cl)CC1CC(c2ccc(Cl)cc2)=NO1. The van der Waals surface area contributed by atoms with Gasteiger partial charge in [0.25, 0.3) is 0 Å². The van der Waals surface area contributed by atoms with Crippen LogP contribution in [-0.2, 0) is 16.2 Å². The molecule has 0 aromatic heterocycles. The summed E-state index contributed by atoms with van der Waals surface area (Å²) in [4.78, 5) is 20.5. The Hall–Kier alpha value is -2.04. The molecule has 0 aliphatic carbocycles. The number of rotatable bonds is 6. The number of hydrogen-bond donors (Lipinski definition) is 0. The largest absolute Gasteiger partial charge is 0.390 e. The van der Waals surface area contributed by atoms with Gasteiger partial charge in [0.15, 0.2) is 6.10 Å². The molecule has 0 bridgehead atoms. The lowest BCUT2D eigenvalue weighted by atomic mass is 9.91. The minimum absolute atomic E-state index is 0.0842. The van der Waals surface area contributed by atoms with Crippen molar-refractivity contribution in [1.29, 1.82) is 0 Å². The van der Waals surface area contributed by atoms with Crippen LogP contribution in [0, 0.1) is 5.41 Å². The van der Waals surface area contributed by atoms with Gasteiger partial charge in [-0.3, -0.25) is 4.79 Å². The topological polar surface area (TPSA) is 41.9 Å². The number of carbonyl (C=O) groups is 1. The van der Waals surface area contributed by atoms with E-state index in [0.717, 1.165) is 16.8 Å². The van der Waals surface area contributed by atoms with E-state index in [-0.39, 0.29) is 17.4 Å². The molecule has 3 rings (SSSR count). The molecule has 1 amide bonds. The second-order valence-electron chi connectivity index (χ2n) is 8.58. The second kappa shape index (κ2) is 9.19. The summed E-state index contributed by atoms with van der Waals surface area (Å²) in [7, 11) is 0. The molecule has 0 saturated carbocycles. The summed E-state index contributed by atoms with van der Waals surface area (Å²) in [6.45, 7) is 7.09. The fourth-order valence-corrected chi connectivity index (χ4v) is 3.56. The average Bonchev–Trinajstić information content (AvgIpc) is 3.10. The van der Waals surface area contributed by atoms with E-state index >= 15 is 0 Å². The van der Waals surface area contributed by atoms with E-state index in [1.54, 1.807) is 0 Å². The highest BCUT2D eigenvalue weighted by Crippen LogP contribution is 2.25. The van der Waals surface area contributed by atoms with E-state index in [1.165, 1.54) is 0 Å². The molecule has 29 heavy (non-hydrogen) atoms. The number of nitrogens with zero attached hydrogens (tertiary/aromatic N) is 2. The van der Waals surface area contributed by atoms with E-state index < -0.39 is 0 Å². The van der Waals surface area contributed by atoms with Crippen LogP contribution in [0.3, 0.4) is 0 Å². The molecule has 0 spiro atoms. The lowest BCUT2D eigenvalue weighted by molar-refractivity contribution is -0.135. The molecule has 0 fully saturated rings. The van der Waals surface area contributed by atoms with Gasteiger partial charge in [0.05, 0.1) is 12.3 Å². The summed E-state index contributed by atoms with van der Waals surface area (Å²) < 4.78 is 0. The lowest BCUT2D eigenvalue weighted by Crippen LogP contribution is -2.38. The van der Waals surface area contributed by atoms with E-state index in [4.69, 9.17) is 28.0 Å². The third-order valence-corrected chi connectivity index (χ3v) is 5.31. The van der Waals surface area contributed by atoms with Gasteiger partial charge in [-0.05, 0) is 34.7 Å². The molecule has 1 aliphatic rings. The first-order valence-electron chi connectivity index (χ1n) is 9.71. The van der Waals surface area contributed by atoms with Crippen molar-refractivity contribution in [3.63, 3.8) is 0 Å². The van der Waals surface area contributed by atoms with Crippen molar-refractivity contribution < 1.29 is 9.63 Å². The van der Waals surface area contributed by atoms with Crippen LogP contribution in [0.25, 0.3) is 0 Å². The normalized spacial score (nSPS) is 16.3. The zero-order chi connectivity index (χ0) is 21.0. The third-order valence-electron chi connectivity index (χ3n) is 4.69. The highest BCUT2D eigenvalue weighted by atomic mass is 35.5.